The van der Waals surface area contributed by atoms with Crippen LogP contribution in [0.2, 0.25) is 0 Å². The number of aliphatic hydroxyl groups excluding tert-OH is 1. The molecule has 4 heteroatoms. The van der Waals surface area contributed by atoms with Gasteiger partial charge in [-0.15, -0.1) is 0 Å². The van der Waals surface area contributed by atoms with Gasteiger partial charge in [-0.3, -0.25) is 4.90 Å². The number of nitrogens with zero attached hydrogens (tertiary/aromatic N) is 1. The first-order chi connectivity index (χ1) is 10.1. The summed E-state index contributed by atoms with van der Waals surface area (Å²) in [7, 11) is 1.98. The molecular formula is C17H24N2O2. The molecule has 3 N–H and O–H groups in total. The van der Waals surface area contributed by atoms with E-state index in [0.29, 0.717) is 13.0 Å². The van der Waals surface area contributed by atoms with Crippen LogP contribution in [0.15, 0.2) is 47.1 Å². The van der Waals surface area contributed by atoms with Crippen LogP contribution in [-0.4, -0.2) is 35.7 Å². The molecule has 4 nitrogen and oxygen atoms in total. The second kappa shape index (κ2) is 7.41. The zero-order valence-electron chi connectivity index (χ0n) is 12.7. The average Bonchev–Trinajstić information content (AvgIpc) is 2.85. The molecule has 0 aliphatic heterocycles. The molecule has 1 aromatic carbocycles. The number of rotatable bonds is 7. The predicted octanol–water partition coefficient (Wildman–Crippen LogP) is 1.95. The summed E-state index contributed by atoms with van der Waals surface area (Å²) in [6.45, 7) is 3.23. The van der Waals surface area contributed by atoms with Crippen LogP contribution in [0.5, 0.6) is 0 Å². The Balaban J connectivity index is 1.82. The van der Waals surface area contributed by atoms with Crippen molar-refractivity contribution in [3.8, 4) is 0 Å². The first kappa shape index (κ1) is 15.8. The van der Waals surface area contributed by atoms with Gasteiger partial charge in [-0.25, -0.2) is 0 Å². The highest BCUT2D eigenvalue weighted by molar-refractivity contribution is 5.16. The summed E-state index contributed by atoms with van der Waals surface area (Å²) in [5, 5.41) is 10.3. The first-order valence-corrected chi connectivity index (χ1v) is 7.25. The number of aryl methyl sites for hydroxylation is 1. The topological polar surface area (TPSA) is 62.6 Å². The van der Waals surface area contributed by atoms with Gasteiger partial charge in [0.15, 0.2) is 0 Å². The summed E-state index contributed by atoms with van der Waals surface area (Å²) in [6, 6.07) is 11.7. The molecule has 0 aliphatic rings. The van der Waals surface area contributed by atoms with Crippen molar-refractivity contribution in [1.29, 1.82) is 0 Å². The van der Waals surface area contributed by atoms with E-state index in [2.05, 4.69) is 4.90 Å². The molecule has 0 bridgehead atoms. The third-order valence-corrected chi connectivity index (χ3v) is 3.71. The van der Waals surface area contributed by atoms with E-state index in [0.717, 1.165) is 23.4 Å². The first-order valence-electron chi connectivity index (χ1n) is 7.25. The Hall–Kier alpha value is -1.62. The fourth-order valence-corrected chi connectivity index (χ4v) is 2.41. The highest BCUT2D eigenvalue weighted by Gasteiger charge is 2.18. The Kier molecular flexibility index (Phi) is 5.56. The zero-order valence-corrected chi connectivity index (χ0v) is 12.7. The van der Waals surface area contributed by atoms with Crippen LogP contribution in [0.4, 0.5) is 0 Å². The Bertz CT molecular complexity index is 539. The highest BCUT2D eigenvalue weighted by Crippen LogP contribution is 2.12. The average molecular weight is 288 g/mol. The molecule has 1 aromatic heterocycles. The molecular weight excluding hydrogens is 264 g/mol. The molecule has 2 atom stereocenters. The van der Waals surface area contributed by atoms with Crippen molar-refractivity contribution in [2.75, 3.05) is 13.6 Å². The lowest BCUT2D eigenvalue weighted by molar-refractivity contribution is 0.0990. The lowest BCUT2D eigenvalue weighted by atomic mass is 10.0. The van der Waals surface area contributed by atoms with Gasteiger partial charge in [-0.05, 0) is 32.0 Å². The van der Waals surface area contributed by atoms with Gasteiger partial charge in [0, 0.05) is 24.7 Å². The molecule has 0 saturated carbocycles. The van der Waals surface area contributed by atoms with Crippen LogP contribution in [-0.2, 0) is 13.0 Å². The fourth-order valence-electron chi connectivity index (χ4n) is 2.41. The summed E-state index contributed by atoms with van der Waals surface area (Å²) < 4.78 is 5.28. The largest absolute Gasteiger partial charge is 0.469 e. The SMILES string of the molecule is Cc1occc1CN(C)CC(O)C(N)Cc1ccccc1. The normalized spacial score (nSPS) is 14.3. The summed E-state index contributed by atoms with van der Waals surface area (Å²) in [5.41, 5.74) is 8.40. The second-order valence-corrected chi connectivity index (χ2v) is 5.62. The summed E-state index contributed by atoms with van der Waals surface area (Å²) in [4.78, 5) is 2.06. The number of likely N-dealkylation sites (N-methyl/N-ethyl adjacent to an activating group) is 1. The van der Waals surface area contributed by atoms with Crippen molar-refractivity contribution in [2.45, 2.75) is 32.0 Å². The van der Waals surface area contributed by atoms with E-state index < -0.39 is 6.10 Å². The third kappa shape index (κ3) is 4.70. The molecule has 0 aliphatic carbocycles. The maximum absolute atomic E-state index is 10.3. The minimum atomic E-state index is -0.553. The van der Waals surface area contributed by atoms with Gasteiger partial charge < -0.3 is 15.3 Å². The zero-order chi connectivity index (χ0) is 15.2. The summed E-state index contributed by atoms with van der Waals surface area (Å²) in [5.74, 6) is 0.921. The van der Waals surface area contributed by atoms with E-state index in [9.17, 15) is 5.11 Å². The van der Waals surface area contributed by atoms with Gasteiger partial charge in [-0.1, -0.05) is 30.3 Å². The van der Waals surface area contributed by atoms with Crippen molar-refractivity contribution in [2.24, 2.45) is 5.73 Å². The van der Waals surface area contributed by atoms with Gasteiger partial charge in [-0.2, -0.15) is 0 Å². The molecule has 0 amide bonds. The molecule has 114 valence electrons. The Morgan fingerprint density at radius 3 is 2.57 bits per heavy atom. The molecule has 0 fully saturated rings. The second-order valence-electron chi connectivity index (χ2n) is 5.62. The van der Waals surface area contributed by atoms with Gasteiger partial charge in [0.05, 0.1) is 12.4 Å². The van der Waals surface area contributed by atoms with Crippen molar-refractivity contribution >= 4 is 0 Å². The van der Waals surface area contributed by atoms with Crippen LogP contribution < -0.4 is 5.73 Å². The van der Waals surface area contributed by atoms with Gasteiger partial charge in [0.1, 0.15) is 5.76 Å². The Morgan fingerprint density at radius 2 is 1.95 bits per heavy atom. The van der Waals surface area contributed by atoms with Crippen LogP contribution in [0.3, 0.4) is 0 Å². The van der Waals surface area contributed by atoms with Crippen molar-refractivity contribution in [3.05, 3.63) is 59.5 Å². The number of furan rings is 1. The molecule has 0 saturated heterocycles. The maximum Gasteiger partial charge on any atom is 0.105 e. The minimum Gasteiger partial charge on any atom is -0.469 e. The van der Waals surface area contributed by atoms with Crippen LogP contribution in [0, 0.1) is 6.92 Å². The van der Waals surface area contributed by atoms with E-state index in [-0.39, 0.29) is 6.04 Å². The van der Waals surface area contributed by atoms with Crippen molar-refractivity contribution in [3.63, 3.8) is 0 Å². The van der Waals surface area contributed by atoms with Crippen LogP contribution in [0.1, 0.15) is 16.9 Å². The number of nitrogens with two attached hydrogens (primary N) is 1. The summed E-state index contributed by atoms with van der Waals surface area (Å²) in [6.07, 6.45) is 1.82. The smallest absolute Gasteiger partial charge is 0.105 e. The lowest BCUT2D eigenvalue weighted by Gasteiger charge is -2.24. The molecule has 0 spiro atoms. The molecule has 0 radical (unpaired) electrons. The summed E-state index contributed by atoms with van der Waals surface area (Å²) >= 11 is 0. The number of benzene rings is 1. The molecule has 2 unspecified atom stereocenters. The van der Waals surface area contributed by atoms with Gasteiger partial charge in [0.25, 0.3) is 0 Å². The van der Waals surface area contributed by atoms with Crippen LogP contribution >= 0.6 is 0 Å². The van der Waals surface area contributed by atoms with E-state index in [1.807, 2.05) is 50.4 Å². The van der Waals surface area contributed by atoms with Crippen LogP contribution in [0.25, 0.3) is 0 Å². The lowest BCUT2D eigenvalue weighted by Crippen LogP contribution is -2.43. The Morgan fingerprint density at radius 1 is 1.24 bits per heavy atom. The van der Waals surface area contributed by atoms with E-state index in [1.54, 1.807) is 6.26 Å². The third-order valence-electron chi connectivity index (χ3n) is 3.71. The molecule has 1 heterocycles. The molecule has 2 rings (SSSR count). The minimum absolute atomic E-state index is 0.264. The van der Waals surface area contributed by atoms with Crippen molar-refractivity contribution < 1.29 is 9.52 Å². The van der Waals surface area contributed by atoms with Gasteiger partial charge >= 0.3 is 0 Å². The molecule has 2 aromatic rings. The molecule has 21 heavy (non-hydrogen) atoms. The number of hydrogen-bond donors (Lipinski definition) is 2. The van der Waals surface area contributed by atoms with E-state index in [1.165, 1.54) is 0 Å². The predicted molar refractivity (Wildman–Crippen MR) is 83.9 cm³/mol. The highest BCUT2D eigenvalue weighted by atomic mass is 16.3. The van der Waals surface area contributed by atoms with Crippen molar-refractivity contribution in [1.82, 2.24) is 4.90 Å². The van der Waals surface area contributed by atoms with E-state index >= 15 is 0 Å². The maximum atomic E-state index is 10.3. The number of hydrogen-bond acceptors (Lipinski definition) is 4. The standard InChI is InChI=1S/C17H24N2O2/c1-13-15(8-9-21-13)11-19(2)12-17(20)16(18)10-14-6-4-3-5-7-14/h3-9,16-17,20H,10-12,18H2,1-2H3. The quantitative estimate of drug-likeness (QED) is 0.817. The van der Waals surface area contributed by atoms with Gasteiger partial charge in [0.2, 0.25) is 0 Å². The Labute approximate surface area is 126 Å². The fraction of sp³-hybridized carbons (Fsp3) is 0.412. The number of aliphatic hydroxyl groups is 1. The monoisotopic (exact) mass is 288 g/mol. The van der Waals surface area contributed by atoms with E-state index in [4.69, 9.17) is 10.2 Å².